The molecule has 2 N–H and O–H groups in total. The second kappa shape index (κ2) is 10.8. The molecule has 0 bridgehead atoms. The molecule has 0 spiro atoms. The number of nitrogens with one attached hydrogen (secondary N) is 2. The number of aryl methyl sites for hydroxylation is 1. The molecule has 0 aliphatic rings. The Balaban J connectivity index is 1.52. The van der Waals surface area contributed by atoms with Crippen molar-refractivity contribution in [3.8, 4) is 5.75 Å². The molecule has 0 saturated carbocycles. The van der Waals surface area contributed by atoms with Crippen LogP contribution in [0.1, 0.15) is 38.8 Å². The zero-order valence-electron chi connectivity index (χ0n) is 17.9. The molecule has 0 heterocycles. The van der Waals surface area contributed by atoms with Gasteiger partial charge in [-0.05, 0) is 67.9 Å². The Morgan fingerprint density at radius 2 is 1.56 bits per heavy atom. The van der Waals surface area contributed by atoms with E-state index in [9.17, 15) is 14.4 Å². The molecule has 0 radical (unpaired) electrons. The van der Waals surface area contributed by atoms with Crippen LogP contribution in [0.15, 0.2) is 72.8 Å². The summed E-state index contributed by atoms with van der Waals surface area (Å²) in [7, 11) is 0. The molecule has 164 valence electrons. The van der Waals surface area contributed by atoms with E-state index in [0.29, 0.717) is 23.4 Å². The zero-order valence-corrected chi connectivity index (χ0v) is 17.9. The summed E-state index contributed by atoms with van der Waals surface area (Å²) in [6.45, 7) is 4.22. The quantitative estimate of drug-likeness (QED) is 0.416. The molecule has 0 atom stereocenters. The first kappa shape index (κ1) is 22.6. The van der Waals surface area contributed by atoms with Crippen LogP contribution in [0.2, 0.25) is 0 Å². The number of amides is 2. The molecule has 32 heavy (non-hydrogen) atoms. The predicted octanol–water partition coefficient (Wildman–Crippen LogP) is 4.71. The van der Waals surface area contributed by atoms with Gasteiger partial charge < -0.3 is 20.1 Å². The monoisotopic (exact) mass is 432 g/mol. The van der Waals surface area contributed by atoms with Crippen LogP contribution in [0.5, 0.6) is 5.75 Å². The fourth-order valence-electron chi connectivity index (χ4n) is 2.90. The first-order valence-electron chi connectivity index (χ1n) is 10.1. The first-order valence-corrected chi connectivity index (χ1v) is 10.1. The Morgan fingerprint density at radius 3 is 2.22 bits per heavy atom. The van der Waals surface area contributed by atoms with Crippen LogP contribution in [0, 0.1) is 6.92 Å². The number of anilines is 1. The van der Waals surface area contributed by atoms with Gasteiger partial charge in [0.15, 0.2) is 0 Å². The molecule has 2 amide bonds. The van der Waals surface area contributed by atoms with Gasteiger partial charge in [-0.3, -0.25) is 9.59 Å². The third-order valence-corrected chi connectivity index (χ3v) is 4.53. The fourth-order valence-corrected chi connectivity index (χ4v) is 2.90. The average Bonchev–Trinajstić information content (AvgIpc) is 2.79. The van der Waals surface area contributed by atoms with Crippen molar-refractivity contribution >= 4 is 23.7 Å². The van der Waals surface area contributed by atoms with Crippen molar-refractivity contribution in [1.29, 1.82) is 0 Å². The van der Waals surface area contributed by atoms with Crippen LogP contribution < -0.4 is 15.4 Å². The van der Waals surface area contributed by atoms with Crippen molar-refractivity contribution in [2.75, 3.05) is 11.9 Å². The molecular weight excluding hydrogens is 408 g/mol. The number of carbonyl (C=O) groups excluding carboxylic acids is 3. The Hall–Kier alpha value is -4.13. The molecule has 3 rings (SSSR count). The molecular formula is C25H24N2O5. The Kier molecular flexibility index (Phi) is 7.59. The van der Waals surface area contributed by atoms with E-state index in [2.05, 4.69) is 10.6 Å². The molecule has 0 aliphatic heterocycles. The standard InChI is InChI=1S/C25H24N2O5/c1-3-31-25(30)32-22-13-9-19(10-14-22)24(29)27-21-11-7-18(8-12-21)16-26-23(28)20-6-4-5-17(2)15-20/h4-15H,3,16H2,1-2H3,(H,26,28)(H,27,29). The van der Waals surface area contributed by atoms with Crippen molar-refractivity contribution < 1.29 is 23.9 Å². The number of carbonyl (C=O) groups is 3. The van der Waals surface area contributed by atoms with Gasteiger partial charge in [0.25, 0.3) is 11.8 Å². The van der Waals surface area contributed by atoms with Crippen LogP contribution in [0.25, 0.3) is 0 Å². The smallest absolute Gasteiger partial charge is 0.434 e. The van der Waals surface area contributed by atoms with Gasteiger partial charge in [0.2, 0.25) is 0 Å². The minimum absolute atomic E-state index is 0.138. The maximum absolute atomic E-state index is 12.4. The normalized spacial score (nSPS) is 10.2. The van der Waals surface area contributed by atoms with Gasteiger partial charge in [-0.2, -0.15) is 0 Å². The zero-order chi connectivity index (χ0) is 22.9. The summed E-state index contributed by atoms with van der Waals surface area (Å²) >= 11 is 0. The van der Waals surface area contributed by atoms with Crippen LogP contribution in [-0.4, -0.2) is 24.6 Å². The summed E-state index contributed by atoms with van der Waals surface area (Å²) in [6, 6.07) is 20.8. The Bertz CT molecular complexity index is 1090. The first-order chi connectivity index (χ1) is 15.4. The minimum Gasteiger partial charge on any atom is -0.434 e. The largest absolute Gasteiger partial charge is 0.513 e. The van der Waals surface area contributed by atoms with Crippen molar-refractivity contribution in [3.63, 3.8) is 0 Å². The molecule has 7 heteroatoms. The minimum atomic E-state index is -0.792. The second-order valence-corrected chi connectivity index (χ2v) is 7.01. The van der Waals surface area contributed by atoms with Gasteiger partial charge in [-0.1, -0.05) is 29.8 Å². The molecule has 0 aromatic heterocycles. The van der Waals surface area contributed by atoms with Gasteiger partial charge in [-0.15, -0.1) is 0 Å². The highest BCUT2D eigenvalue weighted by Crippen LogP contribution is 2.16. The molecule has 7 nitrogen and oxygen atoms in total. The lowest BCUT2D eigenvalue weighted by atomic mass is 10.1. The number of rotatable bonds is 7. The van der Waals surface area contributed by atoms with Crippen molar-refractivity contribution in [1.82, 2.24) is 5.32 Å². The number of benzene rings is 3. The van der Waals surface area contributed by atoms with Crippen LogP contribution in [-0.2, 0) is 11.3 Å². The van der Waals surface area contributed by atoms with Gasteiger partial charge in [-0.25, -0.2) is 4.79 Å². The highest BCUT2D eigenvalue weighted by Gasteiger charge is 2.09. The fraction of sp³-hybridized carbons (Fsp3) is 0.160. The van der Waals surface area contributed by atoms with E-state index in [-0.39, 0.29) is 24.2 Å². The van der Waals surface area contributed by atoms with Crippen LogP contribution >= 0.6 is 0 Å². The summed E-state index contributed by atoms with van der Waals surface area (Å²) in [5.41, 5.74) is 3.59. The molecule has 3 aromatic rings. The Labute approximate surface area is 186 Å². The Morgan fingerprint density at radius 1 is 0.844 bits per heavy atom. The van der Waals surface area contributed by atoms with Crippen molar-refractivity contribution in [3.05, 3.63) is 95.1 Å². The van der Waals surface area contributed by atoms with Gasteiger partial charge in [0.05, 0.1) is 6.61 Å². The maximum atomic E-state index is 12.4. The molecule has 0 fully saturated rings. The van der Waals surface area contributed by atoms with E-state index in [4.69, 9.17) is 9.47 Å². The van der Waals surface area contributed by atoms with Crippen molar-refractivity contribution in [2.45, 2.75) is 20.4 Å². The van der Waals surface area contributed by atoms with E-state index in [1.807, 2.05) is 37.3 Å². The summed E-state index contributed by atoms with van der Waals surface area (Å²) in [5.74, 6) is -0.147. The SMILES string of the molecule is CCOC(=O)Oc1ccc(C(=O)Nc2ccc(CNC(=O)c3cccc(C)c3)cc2)cc1. The molecule has 0 aliphatic carbocycles. The van der Waals surface area contributed by atoms with E-state index < -0.39 is 6.16 Å². The third kappa shape index (κ3) is 6.43. The molecule has 3 aromatic carbocycles. The van der Waals surface area contributed by atoms with E-state index >= 15 is 0 Å². The van der Waals surface area contributed by atoms with Gasteiger partial charge >= 0.3 is 6.16 Å². The highest BCUT2D eigenvalue weighted by molar-refractivity contribution is 6.04. The summed E-state index contributed by atoms with van der Waals surface area (Å²) in [4.78, 5) is 36.0. The summed E-state index contributed by atoms with van der Waals surface area (Å²) < 4.78 is 9.68. The average molecular weight is 432 g/mol. The van der Waals surface area contributed by atoms with Gasteiger partial charge in [0, 0.05) is 23.4 Å². The third-order valence-electron chi connectivity index (χ3n) is 4.53. The van der Waals surface area contributed by atoms with Crippen LogP contribution in [0.4, 0.5) is 10.5 Å². The van der Waals surface area contributed by atoms with Crippen molar-refractivity contribution in [2.24, 2.45) is 0 Å². The van der Waals surface area contributed by atoms with E-state index in [0.717, 1.165) is 11.1 Å². The lowest BCUT2D eigenvalue weighted by Gasteiger charge is -2.09. The lowest BCUT2D eigenvalue weighted by Crippen LogP contribution is -2.22. The topological polar surface area (TPSA) is 93.7 Å². The number of hydrogen-bond donors (Lipinski definition) is 2. The highest BCUT2D eigenvalue weighted by atomic mass is 16.7. The van der Waals surface area contributed by atoms with E-state index in [1.54, 1.807) is 37.3 Å². The number of ether oxygens (including phenoxy) is 2. The predicted molar refractivity (Wildman–Crippen MR) is 121 cm³/mol. The maximum Gasteiger partial charge on any atom is 0.513 e. The number of hydrogen-bond acceptors (Lipinski definition) is 5. The second-order valence-electron chi connectivity index (χ2n) is 7.01. The summed E-state index contributed by atoms with van der Waals surface area (Å²) in [6.07, 6.45) is -0.792. The summed E-state index contributed by atoms with van der Waals surface area (Å²) in [5, 5.41) is 5.69. The van der Waals surface area contributed by atoms with E-state index in [1.165, 1.54) is 12.1 Å². The van der Waals surface area contributed by atoms with Crippen LogP contribution in [0.3, 0.4) is 0 Å². The molecule has 0 unspecified atom stereocenters. The lowest BCUT2D eigenvalue weighted by molar-refractivity contribution is 0.0949. The molecule has 0 saturated heterocycles. The van der Waals surface area contributed by atoms with Gasteiger partial charge in [0.1, 0.15) is 5.75 Å².